The predicted octanol–water partition coefficient (Wildman–Crippen LogP) is 2.07. The van der Waals surface area contributed by atoms with Gasteiger partial charge in [0, 0.05) is 25.7 Å². The Morgan fingerprint density at radius 3 is 2.72 bits per heavy atom. The molecular formula is C14H19N3O. The van der Waals surface area contributed by atoms with Crippen LogP contribution in [-0.4, -0.2) is 25.2 Å². The van der Waals surface area contributed by atoms with Crippen LogP contribution in [0.4, 0.5) is 5.69 Å². The van der Waals surface area contributed by atoms with Gasteiger partial charge in [0.05, 0.1) is 6.21 Å². The van der Waals surface area contributed by atoms with Crippen molar-refractivity contribution in [1.29, 1.82) is 0 Å². The molecule has 1 amide bonds. The van der Waals surface area contributed by atoms with Crippen molar-refractivity contribution in [2.75, 3.05) is 18.0 Å². The number of amides is 1. The first-order valence-corrected chi connectivity index (χ1v) is 6.32. The molecule has 1 heterocycles. The van der Waals surface area contributed by atoms with E-state index in [9.17, 15) is 4.79 Å². The van der Waals surface area contributed by atoms with Gasteiger partial charge in [-0.25, -0.2) is 5.43 Å². The first-order chi connectivity index (χ1) is 8.66. The molecule has 0 bridgehead atoms. The van der Waals surface area contributed by atoms with Crippen LogP contribution in [0, 0.1) is 6.92 Å². The summed E-state index contributed by atoms with van der Waals surface area (Å²) in [4.78, 5) is 13.1. The minimum absolute atomic E-state index is 0.155. The molecule has 0 unspecified atom stereocenters. The number of carbonyl (C=O) groups excluding carboxylic acids is 1. The van der Waals surface area contributed by atoms with E-state index in [-0.39, 0.29) is 5.91 Å². The Bertz CT molecular complexity index is 462. The van der Waals surface area contributed by atoms with Crippen molar-refractivity contribution in [2.24, 2.45) is 5.10 Å². The third-order valence-corrected chi connectivity index (χ3v) is 3.15. The van der Waals surface area contributed by atoms with Crippen LogP contribution in [0.3, 0.4) is 0 Å². The lowest BCUT2D eigenvalue weighted by molar-refractivity contribution is -0.118. The van der Waals surface area contributed by atoms with Crippen LogP contribution in [0.2, 0.25) is 0 Å². The number of hydrazone groups is 1. The van der Waals surface area contributed by atoms with E-state index < -0.39 is 0 Å². The number of rotatable bonds is 3. The minimum Gasteiger partial charge on any atom is -0.372 e. The summed E-state index contributed by atoms with van der Waals surface area (Å²) < 4.78 is 0. The molecule has 0 saturated carbocycles. The Balaban J connectivity index is 2.09. The Labute approximate surface area is 108 Å². The number of nitrogens with zero attached hydrogens (tertiary/aromatic N) is 2. The molecular weight excluding hydrogens is 226 g/mol. The summed E-state index contributed by atoms with van der Waals surface area (Å²) in [7, 11) is 0. The molecule has 0 aliphatic carbocycles. The summed E-state index contributed by atoms with van der Waals surface area (Å²) in [5.41, 5.74) is 5.90. The monoisotopic (exact) mass is 245 g/mol. The van der Waals surface area contributed by atoms with E-state index in [0.29, 0.717) is 0 Å². The largest absolute Gasteiger partial charge is 0.372 e. The lowest BCUT2D eigenvalue weighted by atomic mass is 10.1. The van der Waals surface area contributed by atoms with Crippen LogP contribution in [0.25, 0.3) is 0 Å². The number of anilines is 1. The standard InChI is InChI=1S/C14H19N3O/c1-11-9-14(17-7-3-4-8-17)6-5-13(11)10-15-16-12(2)18/h5-6,9-10H,3-4,7-8H2,1-2H3,(H,16,18)/b15-10-. The Kier molecular flexibility index (Phi) is 3.97. The van der Waals surface area contributed by atoms with Crippen LogP contribution < -0.4 is 10.3 Å². The van der Waals surface area contributed by atoms with Crippen LogP contribution in [0.5, 0.6) is 0 Å². The van der Waals surface area contributed by atoms with E-state index in [1.807, 2.05) is 6.07 Å². The average Bonchev–Trinajstić information content (AvgIpc) is 2.84. The van der Waals surface area contributed by atoms with Crippen LogP contribution in [0.15, 0.2) is 23.3 Å². The maximum atomic E-state index is 10.7. The van der Waals surface area contributed by atoms with Crippen molar-refractivity contribution in [2.45, 2.75) is 26.7 Å². The Hall–Kier alpha value is -1.84. The highest BCUT2D eigenvalue weighted by Crippen LogP contribution is 2.22. The van der Waals surface area contributed by atoms with E-state index in [2.05, 4.69) is 34.5 Å². The third kappa shape index (κ3) is 3.09. The number of benzene rings is 1. The molecule has 0 radical (unpaired) electrons. The molecule has 96 valence electrons. The van der Waals surface area contributed by atoms with Gasteiger partial charge in [-0.15, -0.1) is 0 Å². The summed E-state index contributed by atoms with van der Waals surface area (Å²) in [5, 5.41) is 3.89. The molecule has 0 atom stereocenters. The summed E-state index contributed by atoms with van der Waals surface area (Å²) in [6.07, 6.45) is 4.25. The molecule has 1 N–H and O–H groups in total. The van der Waals surface area contributed by atoms with Crippen LogP contribution >= 0.6 is 0 Å². The van der Waals surface area contributed by atoms with E-state index in [1.54, 1.807) is 6.21 Å². The first kappa shape index (κ1) is 12.6. The number of carbonyl (C=O) groups is 1. The summed E-state index contributed by atoms with van der Waals surface area (Å²) in [5.74, 6) is -0.155. The summed E-state index contributed by atoms with van der Waals surface area (Å²) in [6.45, 7) is 5.81. The van der Waals surface area contributed by atoms with Crippen molar-refractivity contribution in [3.63, 3.8) is 0 Å². The van der Waals surface area contributed by atoms with E-state index in [1.165, 1.54) is 31.0 Å². The van der Waals surface area contributed by atoms with Crippen LogP contribution in [-0.2, 0) is 4.79 Å². The minimum atomic E-state index is -0.155. The topological polar surface area (TPSA) is 44.7 Å². The molecule has 1 aliphatic rings. The molecule has 1 aromatic carbocycles. The fraction of sp³-hybridized carbons (Fsp3) is 0.429. The first-order valence-electron chi connectivity index (χ1n) is 6.32. The fourth-order valence-electron chi connectivity index (χ4n) is 2.17. The molecule has 4 heteroatoms. The van der Waals surface area contributed by atoms with Gasteiger partial charge in [-0.3, -0.25) is 4.79 Å². The normalized spacial score (nSPS) is 15.3. The second-order valence-corrected chi connectivity index (χ2v) is 4.66. The lowest BCUT2D eigenvalue weighted by Crippen LogP contribution is -2.17. The van der Waals surface area contributed by atoms with Gasteiger partial charge in [-0.05, 0) is 43.0 Å². The lowest BCUT2D eigenvalue weighted by Gasteiger charge is -2.18. The number of nitrogens with one attached hydrogen (secondary N) is 1. The summed E-state index contributed by atoms with van der Waals surface area (Å²) >= 11 is 0. The van der Waals surface area contributed by atoms with E-state index in [4.69, 9.17) is 0 Å². The quantitative estimate of drug-likeness (QED) is 0.654. The molecule has 18 heavy (non-hydrogen) atoms. The number of hydrogen-bond acceptors (Lipinski definition) is 3. The molecule has 1 fully saturated rings. The number of aryl methyl sites for hydroxylation is 1. The van der Waals surface area contributed by atoms with Gasteiger partial charge in [-0.1, -0.05) is 6.07 Å². The third-order valence-electron chi connectivity index (χ3n) is 3.15. The van der Waals surface area contributed by atoms with Crippen molar-refractivity contribution < 1.29 is 4.79 Å². The smallest absolute Gasteiger partial charge is 0.236 e. The second kappa shape index (κ2) is 5.67. The van der Waals surface area contributed by atoms with Crippen molar-refractivity contribution in [3.05, 3.63) is 29.3 Å². The second-order valence-electron chi connectivity index (χ2n) is 4.66. The summed E-state index contributed by atoms with van der Waals surface area (Å²) in [6, 6.07) is 6.35. The molecule has 0 spiro atoms. The van der Waals surface area contributed by atoms with Gasteiger partial charge in [0.1, 0.15) is 0 Å². The van der Waals surface area contributed by atoms with E-state index >= 15 is 0 Å². The van der Waals surface area contributed by atoms with Crippen LogP contribution in [0.1, 0.15) is 30.9 Å². The highest BCUT2D eigenvalue weighted by molar-refractivity contribution is 5.84. The highest BCUT2D eigenvalue weighted by Gasteiger charge is 2.12. The maximum Gasteiger partial charge on any atom is 0.236 e. The zero-order valence-electron chi connectivity index (χ0n) is 10.9. The Morgan fingerprint density at radius 2 is 2.11 bits per heavy atom. The van der Waals surface area contributed by atoms with Crippen molar-refractivity contribution in [1.82, 2.24) is 5.43 Å². The van der Waals surface area contributed by atoms with Crippen molar-refractivity contribution >= 4 is 17.8 Å². The van der Waals surface area contributed by atoms with Crippen molar-refractivity contribution in [3.8, 4) is 0 Å². The van der Waals surface area contributed by atoms with Gasteiger partial charge in [0.15, 0.2) is 0 Å². The van der Waals surface area contributed by atoms with Gasteiger partial charge < -0.3 is 4.90 Å². The molecule has 1 saturated heterocycles. The van der Waals surface area contributed by atoms with Gasteiger partial charge in [0.25, 0.3) is 0 Å². The molecule has 4 nitrogen and oxygen atoms in total. The maximum absolute atomic E-state index is 10.7. The van der Waals surface area contributed by atoms with E-state index in [0.717, 1.165) is 18.7 Å². The van der Waals surface area contributed by atoms with Gasteiger partial charge in [0.2, 0.25) is 5.91 Å². The molecule has 2 rings (SSSR count). The predicted molar refractivity (Wildman–Crippen MR) is 74.0 cm³/mol. The highest BCUT2D eigenvalue weighted by atomic mass is 16.2. The molecule has 1 aliphatic heterocycles. The molecule has 1 aromatic rings. The Morgan fingerprint density at radius 1 is 1.39 bits per heavy atom. The number of hydrogen-bond donors (Lipinski definition) is 1. The SMILES string of the molecule is CC(=O)N/N=C\c1ccc(N2CCCC2)cc1C. The fourth-order valence-corrected chi connectivity index (χ4v) is 2.17. The zero-order chi connectivity index (χ0) is 13.0. The average molecular weight is 245 g/mol. The van der Waals surface area contributed by atoms with Gasteiger partial charge >= 0.3 is 0 Å². The molecule has 0 aromatic heterocycles. The zero-order valence-corrected chi connectivity index (χ0v) is 10.9. The van der Waals surface area contributed by atoms with Gasteiger partial charge in [-0.2, -0.15) is 5.10 Å².